The Bertz CT molecular complexity index is 707. The Labute approximate surface area is 134 Å². The van der Waals surface area contributed by atoms with Gasteiger partial charge in [-0.15, -0.1) is 0 Å². The third kappa shape index (κ3) is 3.71. The number of carboxylic acids is 1. The smallest absolute Gasteiger partial charge is 0.371 e. The molecule has 0 aliphatic rings. The molecule has 122 valence electrons. The molecule has 23 heavy (non-hydrogen) atoms. The van der Waals surface area contributed by atoms with Gasteiger partial charge in [-0.25, -0.2) is 4.79 Å². The van der Waals surface area contributed by atoms with Gasteiger partial charge in [0, 0.05) is 13.1 Å². The van der Waals surface area contributed by atoms with E-state index in [0.29, 0.717) is 6.42 Å². The average molecular weight is 317 g/mol. The number of methoxy groups -OCH3 is 1. The third-order valence-electron chi connectivity index (χ3n) is 3.72. The molecule has 0 unspecified atom stereocenters. The zero-order valence-corrected chi connectivity index (χ0v) is 13.3. The number of rotatable bonds is 6. The topological polar surface area (TPSA) is 80.0 Å². The molecular weight excluding hydrogens is 298 g/mol. The summed E-state index contributed by atoms with van der Waals surface area (Å²) in [5.74, 6) is -1.03. The van der Waals surface area contributed by atoms with Crippen LogP contribution in [0.5, 0.6) is 5.75 Å². The van der Waals surface area contributed by atoms with E-state index < -0.39 is 5.97 Å². The van der Waals surface area contributed by atoms with E-state index in [1.807, 2.05) is 31.2 Å². The van der Waals surface area contributed by atoms with Crippen molar-refractivity contribution in [1.29, 1.82) is 0 Å². The van der Waals surface area contributed by atoms with Crippen LogP contribution in [0.3, 0.4) is 0 Å². The lowest BCUT2D eigenvalue weighted by Crippen LogP contribution is -2.36. The van der Waals surface area contributed by atoms with Gasteiger partial charge in [0.15, 0.2) is 5.76 Å². The number of furan rings is 1. The summed E-state index contributed by atoms with van der Waals surface area (Å²) in [6, 6.07) is 10.2. The highest BCUT2D eigenvalue weighted by Crippen LogP contribution is 2.21. The molecule has 6 nitrogen and oxygen atoms in total. The van der Waals surface area contributed by atoms with E-state index in [2.05, 4.69) is 0 Å². The van der Waals surface area contributed by atoms with Crippen molar-refractivity contribution >= 4 is 11.9 Å². The molecule has 0 aliphatic heterocycles. The van der Waals surface area contributed by atoms with Gasteiger partial charge in [-0.3, -0.25) is 4.79 Å². The minimum Gasteiger partial charge on any atom is -0.496 e. The first kappa shape index (κ1) is 16.6. The number of para-hydroxylation sites is 1. The monoisotopic (exact) mass is 317 g/mol. The van der Waals surface area contributed by atoms with E-state index in [4.69, 9.17) is 14.3 Å². The maximum absolute atomic E-state index is 12.4. The molecule has 1 aromatic heterocycles. The molecule has 0 fully saturated rings. The fourth-order valence-corrected chi connectivity index (χ4v) is 2.27. The van der Waals surface area contributed by atoms with Crippen molar-refractivity contribution in [2.45, 2.75) is 19.4 Å². The normalized spacial score (nSPS) is 11.8. The van der Waals surface area contributed by atoms with Crippen molar-refractivity contribution in [3.05, 3.63) is 53.5 Å². The SMILES string of the molecule is COc1ccccc1C[C@@H](C)N(C)C(=O)c1ccc(C(=O)O)o1. The lowest BCUT2D eigenvalue weighted by atomic mass is 10.0. The van der Waals surface area contributed by atoms with E-state index in [9.17, 15) is 9.59 Å². The van der Waals surface area contributed by atoms with Gasteiger partial charge in [-0.05, 0) is 37.1 Å². The van der Waals surface area contributed by atoms with Crippen LogP contribution in [-0.2, 0) is 6.42 Å². The Kier molecular flexibility index (Phi) is 5.05. The van der Waals surface area contributed by atoms with Gasteiger partial charge in [0.05, 0.1) is 7.11 Å². The third-order valence-corrected chi connectivity index (χ3v) is 3.72. The van der Waals surface area contributed by atoms with Crippen LogP contribution in [0.4, 0.5) is 0 Å². The maximum Gasteiger partial charge on any atom is 0.371 e. The molecule has 0 aliphatic carbocycles. The van der Waals surface area contributed by atoms with Crippen molar-refractivity contribution in [2.75, 3.05) is 14.2 Å². The average Bonchev–Trinajstić information content (AvgIpc) is 3.04. The molecule has 1 atom stereocenters. The van der Waals surface area contributed by atoms with E-state index in [1.54, 1.807) is 14.2 Å². The second-order valence-electron chi connectivity index (χ2n) is 5.25. The quantitative estimate of drug-likeness (QED) is 0.886. The fourth-order valence-electron chi connectivity index (χ4n) is 2.27. The Morgan fingerprint density at radius 1 is 1.22 bits per heavy atom. The van der Waals surface area contributed by atoms with E-state index in [-0.39, 0.29) is 23.5 Å². The highest BCUT2D eigenvalue weighted by molar-refractivity contribution is 5.93. The molecule has 1 heterocycles. The first-order valence-electron chi connectivity index (χ1n) is 7.16. The molecule has 1 aromatic carbocycles. The van der Waals surface area contributed by atoms with Crippen LogP contribution in [0, 0.1) is 0 Å². The largest absolute Gasteiger partial charge is 0.496 e. The second kappa shape index (κ2) is 7.00. The Morgan fingerprint density at radius 2 is 1.87 bits per heavy atom. The molecule has 0 bridgehead atoms. The summed E-state index contributed by atoms with van der Waals surface area (Å²) < 4.78 is 10.4. The predicted octanol–water partition coefficient (Wildman–Crippen LogP) is 2.69. The van der Waals surface area contributed by atoms with Gasteiger partial charge in [-0.2, -0.15) is 0 Å². The van der Waals surface area contributed by atoms with Crippen molar-refractivity contribution in [3.63, 3.8) is 0 Å². The van der Waals surface area contributed by atoms with Crippen molar-refractivity contribution in [2.24, 2.45) is 0 Å². The number of benzene rings is 1. The van der Waals surface area contributed by atoms with Crippen molar-refractivity contribution in [3.8, 4) is 5.75 Å². The number of carbonyl (C=O) groups excluding carboxylic acids is 1. The highest BCUT2D eigenvalue weighted by atomic mass is 16.5. The fraction of sp³-hybridized carbons (Fsp3) is 0.294. The van der Waals surface area contributed by atoms with E-state index in [1.165, 1.54) is 17.0 Å². The molecule has 2 rings (SSSR count). The number of hydrogen-bond donors (Lipinski definition) is 1. The van der Waals surface area contributed by atoms with Gasteiger partial charge in [0.1, 0.15) is 5.75 Å². The number of amides is 1. The van der Waals surface area contributed by atoms with Gasteiger partial charge in [0.25, 0.3) is 5.91 Å². The summed E-state index contributed by atoms with van der Waals surface area (Å²) in [4.78, 5) is 24.7. The predicted molar refractivity (Wildman–Crippen MR) is 83.9 cm³/mol. The first-order chi connectivity index (χ1) is 10.9. The van der Waals surface area contributed by atoms with E-state index >= 15 is 0 Å². The number of aromatic carboxylic acids is 1. The van der Waals surface area contributed by atoms with Crippen LogP contribution in [0.2, 0.25) is 0 Å². The Hall–Kier alpha value is -2.76. The van der Waals surface area contributed by atoms with Gasteiger partial charge >= 0.3 is 5.97 Å². The maximum atomic E-state index is 12.4. The highest BCUT2D eigenvalue weighted by Gasteiger charge is 2.22. The summed E-state index contributed by atoms with van der Waals surface area (Å²) in [5.41, 5.74) is 0.993. The zero-order chi connectivity index (χ0) is 17.0. The molecule has 6 heteroatoms. The summed E-state index contributed by atoms with van der Waals surface area (Å²) in [7, 11) is 3.26. The second-order valence-corrected chi connectivity index (χ2v) is 5.25. The molecule has 1 N–H and O–H groups in total. The van der Waals surface area contributed by atoms with Crippen molar-refractivity contribution < 1.29 is 23.8 Å². The van der Waals surface area contributed by atoms with E-state index in [0.717, 1.165) is 11.3 Å². The minimum absolute atomic E-state index is 0.0109. The number of hydrogen-bond acceptors (Lipinski definition) is 4. The molecule has 2 aromatic rings. The van der Waals surface area contributed by atoms with Crippen LogP contribution < -0.4 is 4.74 Å². The zero-order valence-electron chi connectivity index (χ0n) is 13.3. The van der Waals surface area contributed by atoms with Crippen LogP contribution >= 0.6 is 0 Å². The number of carboxylic acid groups (broad SMARTS) is 1. The van der Waals surface area contributed by atoms with Crippen LogP contribution in [0.1, 0.15) is 33.6 Å². The molecule has 1 amide bonds. The van der Waals surface area contributed by atoms with Crippen LogP contribution in [0.15, 0.2) is 40.8 Å². The van der Waals surface area contributed by atoms with Crippen LogP contribution in [-0.4, -0.2) is 42.1 Å². The first-order valence-corrected chi connectivity index (χ1v) is 7.16. The summed E-state index contributed by atoms with van der Waals surface area (Å²) in [5, 5.41) is 8.85. The number of ether oxygens (including phenoxy) is 1. The molecule has 0 saturated carbocycles. The number of nitrogens with zero attached hydrogens (tertiary/aromatic N) is 1. The van der Waals surface area contributed by atoms with Gasteiger partial charge in [0.2, 0.25) is 5.76 Å². The lowest BCUT2D eigenvalue weighted by Gasteiger charge is -2.24. The lowest BCUT2D eigenvalue weighted by molar-refractivity contribution is 0.0647. The standard InChI is InChI=1S/C17H19NO5/c1-11(10-12-6-4-5-7-13(12)22-3)18(2)16(19)14-8-9-15(23-14)17(20)21/h4-9,11H,10H2,1-3H3,(H,20,21)/t11-/m1/s1. The number of likely N-dealkylation sites (N-methyl/N-ethyl adjacent to an activating group) is 1. The van der Waals surface area contributed by atoms with Crippen LogP contribution in [0.25, 0.3) is 0 Å². The van der Waals surface area contributed by atoms with Gasteiger partial charge in [-0.1, -0.05) is 18.2 Å². The summed E-state index contributed by atoms with van der Waals surface area (Å²) in [6.07, 6.45) is 0.610. The summed E-state index contributed by atoms with van der Waals surface area (Å²) in [6.45, 7) is 1.91. The molecule has 0 radical (unpaired) electrons. The van der Waals surface area contributed by atoms with Crippen molar-refractivity contribution in [1.82, 2.24) is 4.90 Å². The minimum atomic E-state index is -1.20. The molecule has 0 spiro atoms. The van der Waals surface area contributed by atoms with Gasteiger partial charge < -0.3 is 19.2 Å². The number of carbonyl (C=O) groups is 2. The summed E-state index contributed by atoms with van der Waals surface area (Å²) >= 11 is 0. The Balaban J connectivity index is 2.10. The Morgan fingerprint density at radius 3 is 2.48 bits per heavy atom. The molecule has 0 saturated heterocycles. The molecular formula is C17H19NO5.